The molecule has 2 aliphatic rings. The minimum atomic E-state index is -0.0293. The third kappa shape index (κ3) is 5.58. The third-order valence-corrected chi connectivity index (χ3v) is 6.89. The van der Waals surface area contributed by atoms with Gasteiger partial charge in [-0.3, -0.25) is 4.90 Å². The average molecular weight is 469 g/mol. The van der Waals surface area contributed by atoms with Crippen LogP contribution >= 0.6 is 0 Å². The zero-order valence-corrected chi connectivity index (χ0v) is 20.3. The molecule has 7 heteroatoms. The van der Waals surface area contributed by atoms with Gasteiger partial charge in [-0.15, -0.1) is 0 Å². The van der Waals surface area contributed by atoms with Crippen molar-refractivity contribution in [1.82, 2.24) is 4.90 Å². The molecule has 2 amide bonds. The van der Waals surface area contributed by atoms with Gasteiger partial charge in [-0.2, -0.15) is 0 Å². The zero-order chi connectivity index (χ0) is 23.9. The van der Waals surface area contributed by atoms with Crippen LogP contribution in [-0.2, 0) is 13.0 Å². The summed E-state index contributed by atoms with van der Waals surface area (Å²) in [4.78, 5) is 17.1. The van der Waals surface area contributed by atoms with Crippen molar-refractivity contribution in [2.45, 2.75) is 45.1 Å². The van der Waals surface area contributed by atoms with Crippen molar-refractivity contribution < 1.29 is 24.1 Å². The second-order valence-corrected chi connectivity index (χ2v) is 9.10. The maximum Gasteiger partial charge on any atom is 0.324 e. The van der Waals surface area contributed by atoms with Gasteiger partial charge in [0.05, 0.1) is 27.4 Å². The summed E-state index contributed by atoms with van der Waals surface area (Å²) in [5.74, 6) is 2.89. The predicted molar refractivity (Wildman–Crippen MR) is 132 cm³/mol. The van der Waals surface area contributed by atoms with E-state index >= 15 is 0 Å². The van der Waals surface area contributed by atoms with Gasteiger partial charge in [0.2, 0.25) is 0 Å². The lowest BCUT2D eigenvalue weighted by molar-refractivity contribution is 0.191. The number of rotatable bonds is 11. The van der Waals surface area contributed by atoms with Crippen LogP contribution in [-0.4, -0.2) is 56.6 Å². The molecule has 0 spiro atoms. The number of hydrogen-bond acceptors (Lipinski definition) is 5. The standard InChI is InChI=1S/C27H36N2O5/c1-32-24-10-9-23(18-26(24)34-16-12-20-5-3-6-20)29-14-4-13-28(27(29)31)19-22-8-7-21(11-15-30)17-25(22)33-2/h7-10,17-18,20,30H,3-6,11-16,19H2,1-2H3. The van der Waals surface area contributed by atoms with E-state index < -0.39 is 0 Å². The molecule has 2 fully saturated rings. The number of ether oxygens (including phenoxy) is 3. The number of carbonyl (C=O) groups is 1. The highest BCUT2D eigenvalue weighted by molar-refractivity contribution is 5.93. The summed E-state index contributed by atoms with van der Waals surface area (Å²) in [5, 5.41) is 9.21. The Morgan fingerprint density at radius 1 is 0.971 bits per heavy atom. The van der Waals surface area contributed by atoms with Crippen LogP contribution in [0.3, 0.4) is 0 Å². The molecule has 2 aromatic rings. The van der Waals surface area contributed by atoms with Crippen LogP contribution in [0.25, 0.3) is 0 Å². The number of benzene rings is 2. The van der Waals surface area contributed by atoms with E-state index in [-0.39, 0.29) is 12.6 Å². The molecule has 0 atom stereocenters. The maximum absolute atomic E-state index is 13.4. The number of aliphatic hydroxyl groups is 1. The fraction of sp³-hybridized carbons (Fsp3) is 0.519. The summed E-state index contributed by atoms with van der Waals surface area (Å²) < 4.78 is 17.1. The summed E-state index contributed by atoms with van der Waals surface area (Å²) >= 11 is 0. The summed E-state index contributed by atoms with van der Waals surface area (Å²) in [6.07, 6.45) is 6.44. The lowest BCUT2D eigenvalue weighted by Gasteiger charge is -2.36. The normalized spacial score (nSPS) is 16.4. The highest BCUT2D eigenvalue weighted by Gasteiger charge is 2.28. The van der Waals surface area contributed by atoms with E-state index in [0.717, 1.165) is 41.3 Å². The fourth-order valence-corrected chi connectivity index (χ4v) is 4.64. The minimum absolute atomic E-state index is 0.0293. The molecule has 2 aromatic carbocycles. The first-order chi connectivity index (χ1) is 16.6. The number of aliphatic hydroxyl groups excluding tert-OH is 1. The summed E-state index contributed by atoms with van der Waals surface area (Å²) in [7, 11) is 3.27. The van der Waals surface area contributed by atoms with Gasteiger partial charge >= 0.3 is 6.03 Å². The molecule has 0 bridgehead atoms. The molecular weight excluding hydrogens is 432 g/mol. The zero-order valence-electron chi connectivity index (χ0n) is 20.3. The molecule has 1 aliphatic heterocycles. The lowest BCUT2D eigenvalue weighted by atomic mass is 9.83. The molecule has 1 saturated carbocycles. The Morgan fingerprint density at radius 3 is 2.50 bits per heavy atom. The van der Waals surface area contributed by atoms with E-state index in [9.17, 15) is 9.90 Å². The summed E-state index contributed by atoms with van der Waals surface area (Å²) in [6.45, 7) is 2.58. The first-order valence-corrected chi connectivity index (χ1v) is 12.3. The molecular formula is C27H36N2O5. The van der Waals surface area contributed by atoms with Crippen molar-refractivity contribution in [3.8, 4) is 17.2 Å². The Hall–Kier alpha value is -2.93. The number of nitrogens with zero attached hydrogens (tertiary/aromatic N) is 2. The monoisotopic (exact) mass is 468 g/mol. The Labute approximate surface area is 202 Å². The van der Waals surface area contributed by atoms with Gasteiger partial charge in [0, 0.05) is 37.0 Å². The van der Waals surface area contributed by atoms with Gasteiger partial charge in [0.25, 0.3) is 0 Å². The van der Waals surface area contributed by atoms with E-state index in [2.05, 4.69) is 0 Å². The van der Waals surface area contributed by atoms with E-state index in [1.807, 2.05) is 46.2 Å². The van der Waals surface area contributed by atoms with Crippen LogP contribution in [0.15, 0.2) is 36.4 Å². The van der Waals surface area contributed by atoms with Crippen LogP contribution in [0, 0.1) is 5.92 Å². The number of hydrogen-bond donors (Lipinski definition) is 1. The van der Waals surface area contributed by atoms with Crippen molar-refractivity contribution in [3.63, 3.8) is 0 Å². The van der Waals surface area contributed by atoms with Crippen molar-refractivity contribution in [1.29, 1.82) is 0 Å². The topological polar surface area (TPSA) is 71.5 Å². The van der Waals surface area contributed by atoms with Crippen molar-refractivity contribution in [2.75, 3.05) is 45.4 Å². The van der Waals surface area contributed by atoms with E-state index in [1.54, 1.807) is 14.2 Å². The number of anilines is 1. The third-order valence-electron chi connectivity index (χ3n) is 6.89. The first-order valence-electron chi connectivity index (χ1n) is 12.3. The quantitative estimate of drug-likeness (QED) is 0.520. The number of carbonyl (C=O) groups excluding carboxylic acids is 1. The van der Waals surface area contributed by atoms with Gasteiger partial charge in [-0.25, -0.2) is 4.79 Å². The SMILES string of the molecule is COc1cc(CCO)ccc1CN1CCCN(c2ccc(OC)c(OCCC3CCC3)c2)C1=O. The summed E-state index contributed by atoms with van der Waals surface area (Å²) in [6, 6.07) is 11.6. The van der Waals surface area contributed by atoms with Gasteiger partial charge in [-0.1, -0.05) is 31.4 Å². The first kappa shape index (κ1) is 24.2. The average Bonchev–Trinajstić information content (AvgIpc) is 2.83. The molecule has 1 aliphatic carbocycles. The Balaban J connectivity index is 1.46. The van der Waals surface area contributed by atoms with Crippen molar-refractivity contribution in [3.05, 3.63) is 47.5 Å². The molecule has 0 unspecified atom stereocenters. The van der Waals surface area contributed by atoms with Gasteiger partial charge in [-0.05, 0) is 48.9 Å². The predicted octanol–water partition coefficient (Wildman–Crippen LogP) is 4.64. The Morgan fingerprint density at radius 2 is 1.79 bits per heavy atom. The van der Waals surface area contributed by atoms with Crippen LogP contribution in [0.4, 0.5) is 10.5 Å². The molecule has 184 valence electrons. The van der Waals surface area contributed by atoms with Crippen molar-refractivity contribution >= 4 is 11.7 Å². The lowest BCUT2D eigenvalue weighted by Crippen LogP contribution is -2.49. The largest absolute Gasteiger partial charge is 0.496 e. The second-order valence-electron chi connectivity index (χ2n) is 9.10. The van der Waals surface area contributed by atoms with Crippen LogP contribution in [0.1, 0.15) is 43.2 Å². The molecule has 0 radical (unpaired) electrons. The van der Waals surface area contributed by atoms with Gasteiger partial charge in [0.15, 0.2) is 11.5 Å². The molecule has 1 N–H and O–H groups in total. The highest BCUT2D eigenvalue weighted by atomic mass is 16.5. The fourth-order valence-electron chi connectivity index (χ4n) is 4.64. The van der Waals surface area contributed by atoms with E-state index in [0.29, 0.717) is 44.2 Å². The van der Waals surface area contributed by atoms with E-state index in [4.69, 9.17) is 14.2 Å². The van der Waals surface area contributed by atoms with Crippen LogP contribution in [0.5, 0.6) is 17.2 Å². The molecule has 4 rings (SSSR count). The smallest absolute Gasteiger partial charge is 0.324 e. The van der Waals surface area contributed by atoms with E-state index in [1.165, 1.54) is 19.3 Å². The number of urea groups is 1. The van der Waals surface area contributed by atoms with Gasteiger partial charge < -0.3 is 24.2 Å². The molecule has 7 nitrogen and oxygen atoms in total. The maximum atomic E-state index is 13.4. The van der Waals surface area contributed by atoms with Crippen molar-refractivity contribution in [2.24, 2.45) is 5.92 Å². The minimum Gasteiger partial charge on any atom is -0.496 e. The molecule has 34 heavy (non-hydrogen) atoms. The Bertz CT molecular complexity index is 975. The second kappa shape index (κ2) is 11.5. The van der Waals surface area contributed by atoms with Crippen LogP contribution < -0.4 is 19.1 Å². The molecule has 1 saturated heterocycles. The highest BCUT2D eigenvalue weighted by Crippen LogP contribution is 2.35. The Kier molecular flexibility index (Phi) is 8.16. The van der Waals surface area contributed by atoms with Gasteiger partial charge in [0.1, 0.15) is 5.75 Å². The van der Waals surface area contributed by atoms with Crippen LogP contribution in [0.2, 0.25) is 0 Å². The molecule has 1 heterocycles. The molecule has 0 aromatic heterocycles. The number of amides is 2. The number of methoxy groups -OCH3 is 2. The summed E-state index contributed by atoms with van der Waals surface area (Å²) in [5.41, 5.74) is 2.78.